The molecule has 3 nitrogen and oxygen atoms in total. The average Bonchev–Trinajstić information content (AvgIpc) is 2.53. The SMILES string of the molecule is CCc1ccc(C(CC(=O)O)c2ccc(OC)cc2)cc1. The Morgan fingerprint density at radius 2 is 1.57 bits per heavy atom. The van der Waals surface area contributed by atoms with Crippen LogP contribution in [0.4, 0.5) is 0 Å². The molecule has 0 aromatic heterocycles. The van der Waals surface area contributed by atoms with Crippen molar-refractivity contribution in [3.8, 4) is 5.75 Å². The van der Waals surface area contributed by atoms with E-state index in [1.54, 1.807) is 7.11 Å². The molecule has 3 heteroatoms. The molecule has 0 saturated carbocycles. The molecule has 0 aliphatic rings. The van der Waals surface area contributed by atoms with Gasteiger partial charge < -0.3 is 9.84 Å². The van der Waals surface area contributed by atoms with Crippen LogP contribution in [-0.2, 0) is 11.2 Å². The van der Waals surface area contributed by atoms with E-state index in [1.165, 1.54) is 5.56 Å². The van der Waals surface area contributed by atoms with Crippen LogP contribution < -0.4 is 4.74 Å². The number of aliphatic carboxylic acids is 1. The van der Waals surface area contributed by atoms with Gasteiger partial charge in [-0.05, 0) is 35.2 Å². The predicted octanol–water partition coefficient (Wildman–Crippen LogP) is 3.86. The van der Waals surface area contributed by atoms with Gasteiger partial charge in [0.25, 0.3) is 0 Å². The van der Waals surface area contributed by atoms with Gasteiger partial charge in [-0.15, -0.1) is 0 Å². The van der Waals surface area contributed by atoms with Crippen LogP contribution in [0.25, 0.3) is 0 Å². The maximum Gasteiger partial charge on any atom is 0.304 e. The van der Waals surface area contributed by atoms with E-state index in [0.717, 1.165) is 23.3 Å². The van der Waals surface area contributed by atoms with Gasteiger partial charge in [0.15, 0.2) is 0 Å². The molecule has 0 saturated heterocycles. The van der Waals surface area contributed by atoms with Crippen LogP contribution in [0.5, 0.6) is 5.75 Å². The zero-order chi connectivity index (χ0) is 15.2. The number of carboxylic acids is 1. The van der Waals surface area contributed by atoms with E-state index in [4.69, 9.17) is 4.74 Å². The highest BCUT2D eigenvalue weighted by Crippen LogP contribution is 2.29. The monoisotopic (exact) mass is 284 g/mol. The third kappa shape index (κ3) is 3.85. The Balaban J connectivity index is 2.33. The molecule has 2 aromatic carbocycles. The van der Waals surface area contributed by atoms with Crippen LogP contribution in [0.2, 0.25) is 0 Å². The predicted molar refractivity (Wildman–Crippen MR) is 82.9 cm³/mol. The Labute approximate surface area is 125 Å². The van der Waals surface area contributed by atoms with Gasteiger partial charge in [-0.1, -0.05) is 43.3 Å². The molecule has 1 atom stereocenters. The molecule has 0 amide bonds. The number of ether oxygens (including phenoxy) is 1. The maximum absolute atomic E-state index is 11.2. The Bertz CT molecular complexity index is 537. The van der Waals surface area contributed by atoms with Gasteiger partial charge in [-0.2, -0.15) is 0 Å². The molecular weight excluding hydrogens is 264 g/mol. The highest BCUT2D eigenvalue weighted by Gasteiger charge is 2.18. The third-order valence-electron chi connectivity index (χ3n) is 3.69. The Hall–Kier alpha value is -2.29. The molecule has 0 aliphatic carbocycles. The van der Waals surface area contributed by atoms with Crippen molar-refractivity contribution in [2.24, 2.45) is 0 Å². The fourth-order valence-electron chi connectivity index (χ4n) is 2.42. The van der Waals surface area contributed by atoms with Crippen molar-refractivity contribution in [1.29, 1.82) is 0 Å². The molecule has 2 rings (SSSR count). The first-order valence-corrected chi connectivity index (χ1v) is 7.08. The average molecular weight is 284 g/mol. The highest BCUT2D eigenvalue weighted by atomic mass is 16.5. The Morgan fingerprint density at radius 1 is 1.05 bits per heavy atom. The molecule has 110 valence electrons. The van der Waals surface area contributed by atoms with Crippen LogP contribution in [-0.4, -0.2) is 18.2 Å². The van der Waals surface area contributed by atoms with Crippen LogP contribution in [0, 0.1) is 0 Å². The van der Waals surface area contributed by atoms with E-state index in [0.29, 0.717) is 0 Å². The van der Waals surface area contributed by atoms with E-state index in [1.807, 2.05) is 36.4 Å². The van der Waals surface area contributed by atoms with Crippen molar-refractivity contribution in [2.45, 2.75) is 25.7 Å². The lowest BCUT2D eigenvalue weighted by molar-refractivity contribution is -0.137. The van der Waals surface area contributed by atoms with Crippen LogP contribution in [0.15, 0.2) is 48.5 Å². The van der Waals surface area contributed by atoms with Gasteiger partial charge in [0.05, 0.1) is 13.5 Å². The topological polar surface area (TPSA) is 46.5 Å². The summed E-state index contributed by atoms with van der Waals surface area (Å²) in [5.74, 6) is -0.163. The first-order chi connectivity index (χ1) is 10.1. The smallest absolute Gasteiger partial charge is 0.304 e. The summed E-state index contributed by atoms with van der Waals surface area (Å²) < 4.78 is 5.15. The Kier molecular flexibility index (Phi) is 4.99. The van der Waals surface area contributed by atoms with Crippen molar-refractivity contribution in [2.75, 3.05) is 7.11 Å². The quantitative estimate of drug-likeness (QED) is 0.876. The van der Waals surface area contributed by atoms with Gasteiger partial charge in [0.2, 0.25) is 0 Å². The molecule has 1 N–H and O–H groups in total. The summed E-state index contributed by atoms with van der Waals surface area (Å²) in [5, 5.41) is 9.18. The van der Waals surface area contributed by atoms with Crippen LogP contribution >= 0.6 is 0 Å². The van der Waals surface area contributed by atoms with Crippen molar-refractivity contribution >= 4 is 5.97 Å². The normalized spacial score (nSPS) is 11.9. The van der Waals surface area contributed by atoms with Crippen LogP contribution in [0.1, 0.15) is 36.0 Å². The summed E-state index contributed by atoms with van der Waals surface area (Å²) in [6.45, 7) is 2.10. The summed E-state index contributed by atoms with van der Waals surface area (Å²) in [6, 6.07) is 15.8. The van der Waals surface area contributed by atoms with Gasteiger partial charge in [-0.25, -0.2) is 0 Å². The largest absolute Gasteiger partial charge is 0.497 e. The van der Waals surface area contributed by atoms with Gasteiger partial charge in [0, 0.05) is 5.92 Å². The fourth-order valence-corrected chi connectivity index (χ4v) is 2.42. The van der Waals surface area contributed by atoms with E-state index < -0.39 is 5.97 Å². The molecule has 0 heterocycles. The number of aryl methyl sites for hydroxylation is 1. The number of hydrogen-bond acceptors (Lipinski definition) is 2. The zero-order valence-electron chi connectivity index (χ0n) is 12.4. The summed E-state index contributed by atoms with van der Waals surface area (Å²) >= 11 is 0. The summed E-state index contributed by atoms with van der Waals surface area (Å²) in [7, 11) is 1.62. The second-order valence-electron chi connectivity index (χ2n) is 5.02. The lowest BCUT2D eigenvalue weighted by Gasteiger charge is -2.17. The second-order valence-corrected chi connectivity index (χ2v) is 5.02. The standard InChI is InChI=1S/C18H20O3/c1-3-13-4-6-14(7-5-13)17(12-18(19)20)15-8-10-16(21-2)11-9-15/h4-11,17H,3,12H2,1-2H3,(H,19,20). The summed E-state index contributed by atoms with van der Waals surface area (Å²) in [6.07, 6.45) is 1.06. The third-order valence-corrected chi connectivity index (χ3v) is 3.69. The zero-order valence-corrected chi connectivity index (χ0v) is 12.4. The number of hydrogen-bond donors (Lipinski definition) is 1. The minimum Gasteiger partial charge on any atom is -0.497 e. The van der Waals surface area contributed by atoms with E-state index in [9.17, 15) is 9.90 Å². The molecule has 21 heavy (non-hydrogen) atoms. The van der Waals surface area contributed by atoms with Crippen LogP contribution in [0.3, 0.4) is 0 Å². The second kappa shape index (κ2) is 6.93. The minimum atomic E-state index is -0.796. The molecule has 0 spiro atoms. The number of carbonyl (C=O) groups is 1. The molecule has 1 unspecified atom stereocenters. The molecule has 0 bridgehead atoms. The van der Waals surface area contributed by atoms with Crippen molar-refractivity contribution in [1.82, 2.24) is 0 Å². The van der Waals surface area contributed by atoms with Crippen molar-refractivity contribution in [3.63, 3.8) is 0 Å². The maximum atomic E-state index is 11.2. The lowest BCUT2D eigenvalue weighted by Crippen LogP contribution is -2.08. The molecule has 0 fully saturated rings. The lowest BCUT2D eigenvalue weighted by atomic mass is 9.88. The van der Waals surface area contributed by atoms with Crippen molar-refractivity contribution in [3.05, 3.63) is 65.2 Å². The minimum absolute atomic E-state index is 0.0812. The first kappa shape index (κ1) is 15.1. The van der Waals surface area contributed by atoms with Gasteiger partial charge in [0.1, 0.15) is 5.75 Å². The summed E-state index contributed by atoms with van der Waals surface area (Å²) in [5.41, 5.74) is 3.27. The van der Waals surface area contributed by atoms with Gasteiger partial charge >= 0.3 is 5.97 Å². The fraction of sp³-hybridized carbons (Fsp3) is 0.278. The summed E-state index contributed by atoms with van der Waals surface area (Å²) in [4.78, 5) is 11.2. The van der Waals surface area contributed by atoms with E-state index >= 15 is 0 Å². The van der Waals surface area contributed by atoms with E-state index in [-0.39, 0.29) is 12.3 Å². The number of carboxylic acid groups (broad SMARTS) is 1. The Morgan fingerprint density at radius 3 is 2.00 bits per heavy atom. The number of benzene rings is 2. The molecule has 0 aliphatic heterocycles. The molecule has 0 radical (unpaired) electrons. The molecular formula is C18H20O3. The van der Waals surface area contributed by atoms with E-state index in [2.05, 4.69) is 19.1 Å². The van der Waals surface area contributed by atoms with Gasteiger partial charge in [-0.3, -0.25) is 4.79 Å². The highest BCUT2D eigenvalue weighted by molar-refractivity contribution is 5.69. The molecule has 2 aromatic rings. The van der Waals surface area contributed by atoms with Crippen molar-refractivity contribution < 1.29 is 14.6 Å². The number of rotatable bonds is 6. The number of methoxy groups -OCH3 is 1. The first-order valence-electron chi connectivity index (χ1n) is 7.08.